The van der Waals surface area contributed by atoms with E-state index in [0.29, 0.717) is 24.2 Å². The zero-order chi connectivity index (χ0) is 17.9. The van der Waals surface area contributed by atoms with E-state index in [2.05, 4.69) is 40.3 Å². The molecule has 0 unspecified atom stereocenters. The minimum atomic E-state index is 0.00819. The van der Waals surface area contributed by atoms with Crippen LogP contribution in [0.25, 0.3) is 10.9 Å². The maximum absolute atomic E-state index is 12.7. The molecule has 26 heavy (non-hydrogen) atoms. The molecule has 1 N–H and O–H groups in total. The monoisotopic (exact) mass is 344 g/mol. The number of nitrogens with one attached hydrogen (secondary N) is 1. The van der Waals surface area contributed by atoms with Gasteiger partial charge in [-0.05, 0) is 29.8 Å². The highest BCUT2D eigenvalue weighted by atomic mass is 16.2. The van der Waals surface area contributed by atoms with Crippen LogP contribution in [0, 0.1) is 11.3 Å². The molecule has 0 atom stereocenters. The summed E-state index contributed by atoms with van der Waals surface area (Å²) in [7, 11) is 0. The van der Waals surface area contributed by atoms with Crippen LogP contribution in [-0.4, -0.2) is 46.9 Å². The maximum atomic E-state index is 12.7. The SMILES string of the molecule is N#Cc1cccc(C(=O)N2CCN(Cc3c[nH]c4ccccc34)CC2)c1. The van der Waals surface area contributed by atoms with Gasteiger partial charge in [-0.15, -0.1) is 0 Å². The molecule has 2 aromatic carbocycles. The second-order valence-electron chi connectivity index (χ2n) is 6.62. The Morgan fingerprint density at radius 2 is 1.88 bits per heavy atom. The van der Waals surface area contributed by atoms with Gasteiger partial charge in [-0.3, -0.25) is 9.69 Å². The highest BCUT2D eigenvalue weighted by Gasteiger charge is 2.22. The smallest absolute Gasteiger partial charge is 0.253 e. The van der Waals surface area contributed by atoms with E-state index in [1.807, 2.05) is 11.0 Å². The number of fused-ring (bicyclic) bond motifs is 1. The summed E-state index contributed by atoms with van der Waals surface area (Å²) in [5.41, 5.74) is 3.57. The summed E-state index contributed by atoms with van der Waals surface area (Å²) < 4.78 is 0. The van der Waals surface area contributed by atoms with Gasteiger partial charge in [0.15, 0.2) is 0 Å². The standard InChI is InChI=1S/C21H20N4O/c22-13-16-4-3-5-17(12-16)21(26)25-10-8-24(9-11-25)15-18-14-23-20-7-2-1-6-19(18)20/h1-7,12,14,23H,8-11,15H2. The number of carbonyl (C=O) groups excluding carboxylic acids is 1. The normalized spacial score (nSPS) is 15.1. The zero-order valence-corrected chi connectivity index (χ0v) is 14.5. The predicted molar refractivity (Wildman–Crippen MR) is 101 cm³/mol. The number of aromatic amines is 1. The van der Waals surface area contributed by atoms with E-state index >= 15 is 0 Å². The third-order valence-corrected chi connectivity index (χ3v) is 4.97. The third-order valence-electron chi connectivity index (χ3n) is 4.97. The van der Waals surface area contributed by atoms with Crippen molar-refractivity contribution in [2.24, 2.45) is 0 Å². The lowest BCUT2D eigenvalue weighted by atomic mass is 10.1. The van der Waals surface area contributed by atoms with Crippen LogP contribution in [0.15, 0.2) is 54.7 Å². The van der Waals surface area contributed by atoms with E-state index in [0.717, 1.165) is 25.2 Å². The molecule has 1 fully saturated rings. The molecule has 1 aliphatic heterocycles. The summed E-state index contributed by atoms with van der Waals surface area (Å²) in [5, 5.41) is 10.3. The summed E-state index contributed by atoms with van der Waals surface area (Å²) in [6, 6.07) is 17.3. The van der Waals surface area contributed by atoms with Crippen molar-refractivity contribution in [2.45, 2.75) is 6.54 Å². The minimum absolute atomic E-state index is 0.00819. The maximum Gasteiger partial charge on any atom is 0.253 e. The van der Waals surface area contributed by atoms with Gasteiger partial charge in [0.05, 0.1) is 11.6 Å². The molecule has 4 rings (SSSR count). The number of hydrogen-bond donors (Lipinski definition) is 1. The molecule has 3 aromatic rings. The van der Waals surface area contributed by atoms with Gasteiger partial charge in [-0.1, -0.05) is 24.3 Å². The molecular formula is C21H20N4O. The fraction of sp³-hybridized carbons (Fsp3) is 0.238. The zero-order valence-electron chi connectivity index (χ0n) is 14.5. The van der Waals surface area contributed by atoms with Gasteiger partial charge >= 0.3 is 0 Å². The lowest BCUT2D eigenvalue weighted by molar-refractivity contribution is 0.0629. The molecule has 1 aliphatic rings. The largest absolute Gasteiger partial charge is 0.361 e. The molecule has 0 radical (unpaired) electrons. The van der Waals surface area contributed by atoms with Gasteiger partial charge in [0.2, 0.25) is 0 Å². The van der Waals surface area contributed by atoms with Crippen LogP contribution >= 0.6 is 0 Å². The van der Waals surface area contributed by atoms with Crippen molar-refractivity contribution in [3.05, 3.63) is 71.4 Å². The molecule has 1 amide bonds. The van der Waals surface area contributed by atoms with Gasteiger partial charge in [0, 0.05) is 55.4 Å². The minimum Gasteiger partial charge on any atom is -0.361 e. The summed E-state index contributed by atoms with van der Waals surface area (Å²) in [6.07, 6.45) is 2.08. The van der Waals surface area contributed by atoms with Crippen LogP contribution in [0.3, 0.4) is 0 Å². The first-order valence-corrected chi connectivity index (χ1v) is 8.81. The number of piperazine rings is 1. The molecular weight excluding hydrogens is 324 g/mol. The summed E-state index contributed by atoms with van der Waals surface area (Å²) in [6.45, 7) is 4.00. The highest BCUT2D eigenvalue weighted by Crippen LogP contribution is 2.20. The molecule has 1 saturated heterocycles. The Bertz CT molecular complexity index is 977. The topological polar surface area (TPSA) is 63.1 Å². The average molecular weight is 344 g/mol. The predicted octanol–water partition coefficient (Wildman–Crippen LogP) is 3.00. The molecule has 0 aliphatic carbocycles. The Morgan fingerprint density at radius 3 is 2.69 bits per heavy atom. The van der Waals surface area contributed by atoms with E-state index in [4.69, 9.17) is 5.26 Å². The van der Waals surface area contributed by atoms with Crippen molar-refractivity contribution in [1.29, 1.82) is 5.26 Å². The van der Waals surface area contributed by atoms with Crippen molar-refractivity contribution in [3.8, 4) is 6.07 Å². The number of nitriles is 1. The molecule has 0 bridgehead atoms. The van der Waals surface area contributed by atoms with Crippen LogP contribution in [-0.2, 0) is 6.54 Å². The number of hydrogen-bond acceptors (Lipinski definition) is 3. The Balaban J connectivity index is 1.39. The van der Waals surface area contributed by atoms with Gasteiger partial charge in [0.25, 0.3) is 5.91 Å². The first kappa shape index (κ1) is 16.4. The fourth-order valence-electron chi connectivity index (χ4n) is 3.52. The molecule has 5 nitrogen and oxygen atoms in total. The number of aromatic nitrogens is 1. The van der Waals surface area contributed by atoms with E-state index in [1.165, 1.54) is 10.9 Å². The summed E-state index contributed by atoms with van der Waals surface area (Å²) in [5.74, 6) is 0.00819. The first-order chi connectivity index (χ1) is 12.7. The van der Waals surface area contributed by atoms with Gasteiger partial charge in [0.1, 0.15) is 0 Å². The number of carbonyl (C=O) groups is 1. The van der Waals surface area contributed by atoms with Crippen molar-refractivity contribution in [1.82, 2.24) is 14.8 Å². The van der Waals surface area contributed by atoms with E-state index in [9.17, 15) is 4.79 Å². The third kappa shape index (κ3) is 3.19. The Hall–Kier alpha value is -3.10. The fourth-order valence-corrected chi connectivity index (χ4v) is 3.52. The number of nitrogens with zero attached hydrogens (tertiary/aromatic N) is 3. The van der Waals surface area contributed by atoms with E-state index in [-0.39, 0.29) is 5.91 Å². The lowest BCUT2D eigenvalue weighted by Crippen LogP contribution is -2.48. The van der Waals surface area contributed by atoms with Crippen LogP contribution in [0.5, 0.6) is 0 Å². The van der Waals surface area contributed by atoms with Crippen LogP contribution < -0.4 is 0 Å². The quantitative estimate of drug-likeness (QED) is 0.794. The van der Waals surface area contributed by atoms with Crippen LogP contribution in [0.2, 0.25) is 0 Å². The number of para-hydroxylation sites is 1. The average Bonchev–Trinajstić information content (AvgIpc) is 3.11. The number of rotatable bonds is 3. The van der Waals surface area contributed by atoms with Crippen molar-refractivity contribution in [3.63, 3.8) is 0 Å². The van der Waals surface area contributed by atoms with E-state index < -0.39 is 0 Å². The molecule has 0 spiro atoms. The van der Waals surface area contributed by atoms with Crippen LogP contribution in [0.1, 0.15) is 21.5 Å². The van der Waals surface area contributed by atoms with Gasteiger partial charge in [-0.25, -0.2) is 0 Å². The van der Waals surface area contributed by atoms with Crippen molar-refractivity contribution < 1.29 is 4.79 Å². The summed E-state index contributed by atoms with van der Waals surface area (Å²) >= 11 is 0. The van der Waals surface area contributed by atoms with Gasteiger partial charge < -0.3 is 9.88 Å². The lowest BCUT2D eigenvalue weighted by Gasteiger charge is -2.34. The number of amides is 1. The molecule has 1 aromatic heterocycles. The Kier molecular flexibility index (Phi) is 4.42. The second-order valence-corrected chi connectivity index (χ2v) is 6.62. The second kappa shape index (κ2) is 7.03. The van der Waals surface area contributed by atoms with Crippen molar-refractivity contribution in [2.75, 3.05) is 26.2 Å². The number of benzene rings is 2. The highest BCUT2D eigenvalue weighted by molar-refractivity contribution is 5.94. The van der Waals surface area contributed by atoms with Crippen molar-refractivity contribution >= 4 is 16.8 Å². The molecule has 2 heterocycles. The molecule has 0 saturated carbocycles. The van der Waals surface area contributed by atoms with E-state index in [1.54, 1.807) is 24.3 Å². The first-order valence-electron chi connectivity index (χ1n) is 8.81. The Labute approximate surface area is 152 Å². The molecule has 5 heteroatoms. The number of H-pyrrole nitrogens is 1. The van der Waals surface area contributed by atoms with Crippen LogP contribution in [0.4, 0.5) is 0 Å². The molecule has 130 valence electrons. The Morgan fingerprint density at radius 1 is 1.08 bits per heavy atom. The summed E-state index contributed by atoms with van der Waals surface area (Å²) in [4.78, 5) is 20.2. The van der Waals surface area contributed by atoms with Gasteiger partial charge in [-0.2, -0.15) is 5.26 Å².